The lowest BCUT2D eigenvalue weighted by atomic mass is 10.00. The molecule has 4 heterocycles. The van der Waals surface area contributed by atoms with Crippen LogP contribution in [0.15, 0.2) is 6.33 Å². The number of hydrogen-bond donors (Lipinski definition) is 2. The van der Waals surface area contributed by atoms with Gasteiger partial charge >= 0.3 is 5.97 Å². The number of aryl methyl sites for hydroxylation is 1. The lowest BCUT2D eigenvalue weighted by Crippen LogP contribution is -2.46. The van der Waals surface area contributed by atoms with Gasteiger partial charge in [0.25, 0.3) is 0 Å². The lowest BCUT2D eigenvalue weighted by Gasteiger charge is -2.40. The summed E-state index contributed by atoms with van der Waals surface area (Å²) in [5.74, 6) is -0.149. The molecular formula is C21H31N5O2S. The minimum atomic E-state index is -0.899. The van der Waals surface area contributed by atoms with E-state index in [9.17, 15) is 9.90 Å². The number of aromatic carboxylic acids is 1. The van der Waals surface area contributed by atoms with Gasteiger partial charge in [0.05, 0.1) is 5.39 Å². The van der Waals surface area contributed by atoms with Gasteiger partial charge in [-0.15, -0.1) is 11.3 Å². The predicted molar refractivity (Wildman–Crippen MR) is 117 cm³/mol. The van der Waals surface area contributed by atoms with E-state index in [0.717, 1.165) is 47.2 Å². The van der Waals surface area contributed by atoms with Crippen LogP contribution in [0, 0.1) is 6.92 Å². The number of carbonyl (C=O) groups is 1. The molecule has 0 unspecified atom stereocenters. The number of fused-ring (bicyclic) bond motifs is 1. The van der Waals surface area contributed by atoms with Crippen LogP contribution < -0.4 is 5.32 Å². The number of likely N-dealkylation sites (tertiary alicyclic amines) is 2. The van der Waals surface area contributed by atoms with Crippen LogP contribution in [0.1, 0.15) is 53.8 Å². The fourth-order valence-corrected chi connectivity index (χ4v) is 5.70. The van der Waals surface area contributed by atoms with Gasteiger partial charge in [0.15, 0.2) is 0 Å². The molecule has 7 nitrogen and oxygen atoms in total. The van der Waals surface area contributed by atoms with Gasteiger partial charge in [-0.25, -0.2) is 14.8 Å². The molecule has 2 aromatic rings. The summed E-state index contributed by atoms with van der Waals surface area (Å²) in [6.45, 7) is 8.76. The van der Waals surface area contributed by atoms with Crippen molar-refractivity contribution in [2.75, 3.05) is 44.6 Å². The highest BCUT2D eigenvalue weighted by atomic mass is 32.1. The Balaban J connectivity index is 1.25. The number of nitrogens with one attached hydrogen (secondary N) is 1. The second kappa shape index (κ2) is 9.36. The van der Waals surface area contributed by atoms with E-state index in [-0.39, 0.29) is 0 Å². The summed E-state index contributed by atoms with van der Waals surface area (Å²) in [5.41, 5.74) is 0.750. The Kier molecular flexibility index (Phi) is 6.62. The fourth-order valence-electron chi connectivity index (χ4n) is 4.71. The Bertz CT molecular complexity index is 841. The largest absolute Gasteiger partial charge is 0.477 e. The van der Waals surface area contributed by atoms with Crippen LogP contribution in [-0.2, 0) is 0 Å². The summed E-state index contributed by atoms with van der Waals surface area (Å²) in [6.07, 6.45) is 9.31. The highest BCUT2D eigenvalue weighted by molar-refractivity contribution is 7.20. The minimum absolute atomic E-state index is 0.347. The molecule has 0 bridgehead atoms. The molecule has 0 saturated carbocycles. The smallest absolute Gasteiger partial charge is 0.346 e. The summed E-state index contributed by atoms with van der Waals surface area (Å²) < 4.78 is 0. The van der Waals surface area contributed by atoms with E-state index in [4.69, 9.17) is 0 Å². The van der Waals surface area contributed by atoms with Crippen molar-refractivity contribution in [3.8, 4) is 0 Å². The molecule has 2 fully saturated rings. The molecule has 2 N–H and O–H groups in total. The van der Waals surface area contributed by atoms with Crippen LogP contribution in [0.25, 0.3) is 10.2 Å². The Morgan fingerprint density at radius 2 is 1.97 bits per heavy atom. The average molecular weight is 418 g/mol. The molecule has 2 aliphatic heterocycles. The molecule has 8 heteroatoms. The predicted octanol–water partition coefficient (Wildman–Crippen LogP) is 3.45. The van der Waals surface area contributed by atoms with E-state index >= 15 is 0 Å². The molecule has 0 atom stereocenters. The molecule has 4 rings (SSSR count). The van der Waals surface area contributed by atoms with Gasteiger partial charge in [0.2, 0.25) is 0 Å². The maximum atomic E-state index is 11.4. The van der Waals surface area contributed by atoms with Crippen LogP contribution in [0.5, 0.6) is 0 Å². The van der Waals surface area contributed by atoms with Crippen molar-refractivity contribution in [1.29, 1.82) is 0 Å². The van der Waals surface area contributed by atoms with E-state index in [2.05, 4.69) is 25.1 Å². The van der Waals surface area contributed by atoms with Crippen LogP contribution in [-0.4, -0.2) is 76.2 Å². The van der Waals surface area contributed by atoms with Gasteiger partial charge in [-0.05, 0) is 77.3 Å². The SMILES string of the molecule is Cc1c(C(=O)O)sc2ncnc(NCCCN3CCC(N4CCCCC4)CC3)c12. The molecule has 2 aromatic heterocycles. The highest BCUT2D eigenvalue weighted by Crippen LogP contribution is 2.33. The van der Waals surface area contributed by atoms with Gasteiger partial charge in [-0.2, -0.15) is 0 Å². The quantitative estimate of drug-likeness (QED) is 0.668. The number of nitrogens with zero attached hydrogens (tertiary/aromatic N) is 4. The number of piperidine rings is 2. The lowest BCUT2D eigenvalue weighted by molar-refractivity contribution is 0.0701. The zero-order valence-electron chi connectivity index (χ0n) is 17.2. The first-order valence-electron chi connectivity index (χ1n) is 10.8. The van der Waals surface area contributed by atoms with E-state index in [0.29, 0.717) is 4.88 Å². The van der Waals surface area contributed by atoms with Crippen LogP contribution in [0.2, 0.25) is 0 Å². The fraction of sp³-hybridized carbons (Fsp3) is 0.667. The molecule has 2 saturated heterocycles. The Hall–Kier alpha value is -1.77. The summed E-state index contributed by atoms with van der Waals surface area (Å²) in [7, 11) is 0. The molecule has 0 radical (unpaired) electrons. The maximum absolute atomic E-state index is 11.4. The summed E-state index contributed by atoms with van der Waals surface area (Å²) in [6, 6.07) is 0.795. The van der Waals surface area contributed by atoms with E-state index in [1.54, 1.807) is 0 Å². The Labute approximate surface area is 176 Å². The first-order valence-corrected chi connectivity index (χ1v) is 11.6. The topological polar surface area (TPSA) is 81.6 Å². The van der Waals surface area contributed by atoms with Gasteiger partial charge < -0.3 is 20.2 Å². The van der Waals surface area contributed by atoms with Crippen molar-refractivity contribution in [2.45, 2.75) is 51.5 Å². The summed E-state index contributed by atoms with van der Waals surface area (Å²) in [4.78, 5) is 26.4. The van der Waals surface area contributed by atoms with E-state index in [1.165, 1.54) is 75.9 Å². The number of anilines is 1. The molecule has 29 heavy (non-hydrogen) atoms. The van der Waals surface area contributed by atoms with Crippen molar-refractivity contribution < 1.29 is 9.90 Å². The number of aromatic nitrogens is 2. The van der Waals surface area contributed by atoms with E-state index < -0.39 is 5.97 Å². The first-order chi connectivity index (χ1) is 14.1. The van der Waals surface area contributed by atoms with Crippen LogP contribution >= 0.6 is 11.3 Å². The average Bonchev–Trinajstić information content (AvgIpc) is 3.10. The molecule has 0 aromatic carbocycles. The first kappa shape index (κ1) is 20.5. The third-order valence-corrected chi connectivity index (χ3v) is 7.52. The minimum Gasteiger partial charge on any atom is -0.477 e. The number of hydrogen-bond acceptors (Lipinski definition) is 7. The molecular weight excluding hydrogens is 386 g/mol. The molecule has 0 aliphatic carbocycles. The molecule has 0 spiro atoms. The Morgan fingerprint density at radius 1 is 1.21 bits per heavy atom. The molecule has 2 aliphatic rings. The van der Waals surface area contributed by atoms with Crippen molar-refractivity contribution in [1.82, 2.24) is 19.8 Å². The number of carboxylic acids is 1. The summed E-state index contributed by atoms with van der Waals surface area (Å²) >= 11 is 1.22. The van der Waals surface area contributed by atoms with Crippen LogP contribution in [0.4, 0.5) is 5.82 Å². The zero-order valence-corrected chi connectivity index (χ0v) is 18.0. The molecule has 158 valence electrons. The van der Waals surface area contributed by atoms with Gasteiger partial charge in [-0.3, -0.25) is 0 Å². The van der Waals surface area contributed by atoms with Gasteiger partial charge in [0, 0.05) is 12.6 Å². The third kappa shape index (κ3) is 4.70. The van der Waals surface area contributed by atoms with Gasteiger partial charge in [-0.1, -0.05) is 6.42 Å². The highest BCUT2D eigenvalue weighted by Gasteiger charge is 2.25. The normalized spacial score (nSPS) is 19.6. The van der Waals surface area contributed by atoms with Crippen molar-refractivity contribution in [3.05, 3.63) is 16.8 Å². The standard InChI is InChI=1S/C21H31N5O2S/c1-15-17-19(23-14-24-20(17)29-18(15)21(27)28)22-8-5-9-25-12-6-16(7-13-25)26-10-3-2-4-11-26/h14,16H,2-13H2,1H3,(H,27,28)(H,22,23,24). The van der Waals surface area contributed by atoms with Crippen molar-refractivity contribution in [2.24, 2.45) is 0 Å². The number of thiophene rings is 1. The summed E-state index contributed by atoms with van der Waals surface area (Å²) in [5, 5.41) is 13.6. The zero-order chi connectivity index (χ0) is 20.2. The van der Waals surface area contributed by atoms with Crippen molar-refractivity contribution in [3.63, 3.8) is 0 Å². The van der Waals surface area contributed by atoms with E-state index in [1.807, 2.05) is 6.92 Å². The van der Waals surface area contributed by atoms with Crippen LogP contribution in [0.3, 0.4) is 0 Å². The second-order valence-electron chi connectivity index (χ2n) is 8.21. The number of rotatable bonds is 7. The number of carboxylic acid groups (broad SMARTS) is 1. The Morgan fingerprint density at radius 3 is 2.69 bits per heavy atom. The molecule has 0 amide bonds. The second-order valence-corrected chi connectivity index (χ2v) is 9.21. The third-order valence-electron chi connectivity index (χ3n) is 6.33. The van der Waals surface area contributed by atoms with Gasteiger partial charge in [0.1, 0.15) is 21.9 Å². The monoisotopic (exact) mass is 417 g/mol. The van der Waals surface area contributed by atoms with Crippen molar-refractivity contribution >= 4 is 33.3 Å². The maximum Gasteiger partial charge on any atom is 0.346 e.